The molecule has 0 saturated heterocycles. The summed E-state index contributed by atoms with van der Waals surface area (Å²) in [6.07, 6.45) is 0.328. The Bertz CT molecular complexity index is 526. The quantitative estimate of drug-likeness (QED) is 0.473. The number of rotatable bonds is 7. The maximum Gasteiger partial charge on any atom is 0.747 e. The van der Waals surface area contributed by atoms with E-state index in [9.17, 15) is 9.36 Å². The van der Waals surface area contributed by atoms with Crippen LogP contribution in [0.25, 0.3) is 0 Å². The topological polar surface area (TPSA) is 82.1 Å². The molecule has 6 nitrogen and oxygen atoms in total. The van der Waals surface area contributed by atoms with Gasteiger partial charge in [-0.1, -0.05) is 6.58 Å². The molecular formula is C13H16O6P+. The molecule has 0 bridgehead atoms. The smallest absolute Gasteiger partial charge is 0.497 e. The molecule has 0 heterocycles. The van der Waals surface area contributed by atoms with Crippen LogP contribution in [-0.4, -0.2) is 24.6 Å². The fourth-order valence-corrected chi connectivity index (χ4v) is 1.77. The van der Waals surface area contributed by atoms with Gasteiger partial charge in [0.1, 0.15) is 5.75 Å². The molecule has 108 valence electrons. The van der Waals surface area contributed by atoms with E-state index in [1.54, 1.807) is 19.1 Å². The van der Waals surface area contributed by atoms with Crippen molar-refractivity contribution >= 4 is 14.2 Å². The normalized spacial score (nSPS) is 10.7. The van der Waals surface area contributed by atoms with E-state index in [-0.39, 0.29) is 12.4 Å². The van der Waals surface area contributed by atoms with Crippen LogP contribution in [0.3, 0.4) is 0 Å². The predicted octanol–water partition coefficient (Wildman–Crippen LogP) is 2.39. The highest BCUT2D eigenvalue weighted by molar-refractivity contribution is 7.32. The highest BCUT2D eigenvalue weighted by atomic mass is 31.1. The molecule has 1 rings (SSSR count). The van der Waals surface area contributed by atoms with Crippen LogP contribution in [0, 0.1) is 0 Å². The summed E-state index contributed by atoms with van der Waals surface area (Å²) in [7, 11) is -1.25. The average molecular weight is 299 g/mol. The monoisotopic (exact) mass is 299 g/mol. The summed E-state index contributed by atoms with van der Waals surface area (Å²) >= 11 is 0. The number of methoxy groups -OCH3 is 1. The summed E-state index contributed by atoms with van der Waals surface area (Å²) in [6.45, 7) is 5.14. The van der Waals surface area contributed by atoms with Crippen LogP contribution in [0.15, 0.2) is 30.4 Å². The van der Waals surface area contributed by atoms with Crippen molar-refractivity contribution in [3.8, 4) is 11.5 Å². The first kappa shape index (κ1) is 16.1. The van der Waals surface area contributed by atoms with Crippen molar-refractivity contribution in [1.29, 1.82) is 0 Å². The SMILES string of the molecule is C=C(C)C(=O)OCCc1cc(OC)ccc1O[P+](=O)O. The first-order valence-electron chi connectivity index (χ1n) is 5.77. The molecule has 1 atom stereocenters. The van der Waals surface area contributed by atoms with Crippen LogP contribution in [0.4, 0.5) is 0 Å². The molecule has 7 heteroatoms. The zero-order valence-electron chi connectivity index (χ0n) is 11.3. The Morgan fingerprint density at radius 2 is 2.15 bits per heavy atom. The maximum atomic E-state index is 11.3. The van der Waals surface area contributed by atoms with Crippen molar-refractivity contribution in [2.45, 2.75) is 13.3 Å². The molecule has 20 heavy (non-hydrogen) atoms. The van der Waals surface area contributed by atoms with E-state index in [1.165, 1.54) is 13.2 Å². The van der Waals surface area contributed by atoms with Crippen LogP contribution >= 0.6 is 8.25 Å². The van der Waals surface area contributed by atoms with Crippen molar-refractivity contribution in [2.75, 3.05) is 13.7 Å². The van der Waals surface area contributed by atoms with E-state index in [0.717, 1.165) is 0 Å². The third-order valence-electron chi connectivity index (χ3n) is 2.40. The fraction of sp³-hybridized carbons (Fsp3) is 0.308. The molecule has 0 amide bonds. The van der Waals surface area contributed by atoms with Gasteiger partial charge in [-0.2, -0.15) is 0 Å². The first-order chi connectivity index (χ1) is 9.43. The fourth-order valence-electron chi connectivity index (χ4n) is 1.43. The van der Waals surface area contributed by atoms with Gasteiger partial charge < -0.3 is 9.47 Å². The van der Waals surface area contributed by atoms with Crippen molar-refractivity contribution in [1.82, 2.24) is 0 Å². The molecule has 0 aliphatic heterocycles. The lowest BCUT2D eigenvalue weighted by Gasteiger charge is -2.08. The number of esters is 1. The lowest BCUT2D eigenvalue weighted by molar-refractivity contribution is -0.138. The van der Waals surface area contributed by atoms with E-state index in [1.807, 2.05) is 0 Å². The molecule has 0 aliphatic carbocycles. The number of benzene rings is 1. The first-order valence-corrected chi connectivity index (χ1v) is 6.90. The van der Waals surface area contributed by atoms with E-state index >= 15 is 0 Å². The second-order valence-corrected chi connectivity index (χ2v) is 4.63. The van der Waals surface area contributed by atoms with Crippen molar-refractivity contribution in [3.05, 3.63) is 35.9 Å². The number of carbonyl (C=O) groups excluding carboxylic acids is 1. The average Bonchev–Trinajstić information content (AvgIpc) is 2.39. The van der Waals surface area contributed by atoms with Gasteiger partial charge in [0.25, 0.3) is 0 Å². The van der Waals surface area contributed by atoms with Crippen LogP contribution in [0.2, 0.25) is 0 Å². The molecule has 1 unspecified atom stereocenters. The zero-order chi connectivity index (χ0) is 15.1. The minimum Gasteiger partial charge on any atom is -0.497 e. The molecule has 1 N–H and O–H groups in total. The van der Waals surface area contributed by atoms with Gasteiger partial charge >= 0.3 is 14.2 Å². The summed E-state index contributed by atoms with van der Waals surface area (Å²) in [5.74, 6) is 0.344. The molecular weight excluding hydrogens is 283 g/mol. The predicted molar refractivity (Wildman–Crippen MR) is 72.9 cm³/mol. The minimum absolute atomic E-state index is 0.109. The highest BCUT2D eigenvalue weighted by Gasteiger charge is 2.18. The van der Waals surface area contributed by atoms with E-state index in [2.05, 4.69) is 6.58 Å². The van der Waals surface area contributed by atoms with Gasteiger partial charge in [-0.3, -0.25) is 0 Å². The Hall–Kier alpha value is -1.91. The number of hydrogen-bond acceptors (Lipinski definition) is 5. The second kappa shape index (κ2) is 7.62. The summed E-state index contributed by atoms with van der Waals surface area (Å²) in [5.41, 5.74) is 0.918. The van der Waals surface area contributed by atoms with Crippen LogP contribution in [-0.2, 0) is 20.5 Å². The van der Waals surface area contributed by atoms with Gasteiger partial charge in [0, 0.05) is 22.1 Å². The molecule has 1 aromatic rings. The van der Waals surface area contributed by atoms with Crippen molar-refractivity contribution in [2.24, 2.45) is 0 Å². The van der Waals surface area contributed by atoms with Gasteiger partial charge in [0.05, 0.1) is 13.7 Å². The largest absolute Gasteiger partial charge is 0.747 e. The number of ether oxygens (including phenoxy) is 2. The summed E-state index contributed by atoms with van der Waals surface area (Å²) < 4.78 is 25.6. The number of carbonyl (C=O) groups is 1. The maximum absolute atomic E-state index is 11.3. The molecule has 1 aromatic carbocycles. The van der Waals surface area contributed by atoms with Gasteiger partial charge in [0.2, 0.25) is 0 Å². The summed E-state index contributed by atoms with van der Waals surface area (Å²) in [6, 6.07) is 4.79. The van der Waals surface area contributed by atoms with E-state index in [0.29, 0.717) is 23.3 Å². The Morgan fingerprint density at radius 3 is 2.70 bits per heavy atom. The van der Waals surface area contributed by atoms with E-state index < -0.39 is 14.2 Å². The molecule has 0 aromatic heterocycles. The van der Waals surface area contributed by atoms with Gasteiger partial charge in [0.15, 0.2) is 5.75 Å². The number of hydrogen-bond donors (Lipinski definition) is 1. The Morgan fingerprint density at radius 1 is 1.45 bits per heavy atom. The van der Waals surface area contributed by atoms with E-state index in [4.69, 9.17) is 18.9 Å². The molecule has 0 saturated carbocycles. The van der Waals surface area contributed by atoms with Crippen molar-refractivity contribution < 1.29 is 28.3 Å². The summed E-state index contributed by atoms with van der Waals surface area (Å²) in [4.78, 5) is 20.1. The van der Waals surface area contributed by atoms with Gasteiger partial charge in [-0.15, -0.1) is 4.89 Å². The Labute approximate surface area is 117 Å². The lowest BCUT2D eigenvalue weighted by Crippen LogP contribution is -2.08. The third kappa shape index (κ3) is 4.99. The standard InChI is InChI=1S/C13H15O6P/c1-9(2)13(14)18-7-6-10-8-11(17-3)4-5-12(10)19-20(15)16/h4-5,8H,1,6-7H2,2-3H3/p+1. The van der Waals surface area contributed by atoms with Crippen LogP contribution < -0.4 is 9.26 Å². The van der Waals surface area contributed by atoms with Crippen LogP contribution in [0.1, 0.15) is 12.5 Å². The molecule has 0 aliphatic rings. The second-order valence-electron chi connectivity index (χ2n) is 3.97. The molecule has 0 radical (unpaired) electrons. The van der Waals surface area contributed by atoms with Crippen molar-refractivity contribution in [3.63, 3.8) is 0 Å². The van der Waals surface area contributed by atoms with Crippen LogP contribution in [0.5, 0.6) is 11.5 Å². The molecule has 0 fully saturated rings. The lowest BCUT2D eigenvalue weighted by atomic mass is 10.1. The highest BCUT2D eigenvalue weighted by Crippen LogP contribution is 2.30. The summed E-state index contributed by atoms with van der Waals surface area (Å²) in [5, 5.41) is 0. The minimum atomic E-state index is -2.76. The third-order valence-corrected chi connectivity index (χ3v) is 2.75. The Balaban J connectivity index is 2.77. The zero-order valence-corrected chi connectivity index (χ0v) is 12.2. The van der Waals surface area contributed by atoms with Gasteiger partial charge in [-0.05, 0) is 25.1 Å². The Kier molecular flexibility index (Phi) is 6.15. The van der Waals surface area contributed by atoms with Gasteiger partial charge in [-0.25, -0.2) is 9.32 Å². The molecule has 0 spiro atoms.